The summed E-state index contributed by atoms with van der Waals surface area (Å²) in [4.78, 5) is 10.5. The molecular weight excluding hydrogens is 206 g/mol. The monoisotopic (exact) mass is 223 g/mol. The number of rotatable bonds is 2. The number of hydrazine groups is 1. The molecule has 0 unspecified atom stereocenters. The van der Waals surface area contributed by atoms with E-state index in [0.717, 1.165) is 18.9 Å². The Hall–Kier alpha value is -1.40. The average Bonchev–Trinajstić information content (AvgIpc) is 2.28. The van der Waals surface area contributed by atoms with Crippen LogP contribution in [0.2, 0.25) is 0 Å². The van der Waals surface area contributed by atoms with Crippen molar-refractivity contribution in [1.82, 2.24) is 9.97 Å². The normalized spacial score (nSPS) is 19.6. The van der Waals surface area contributed by atoms with Crippen molar-refractivity contribution >= 4 is 11.8 Å². The van der Waals surface area contributed by atoms with Crippen molar-refractivity contribution in [3.8, 4) is 0 Å². The van der Waals surface area contributed by atoms with E-state index >= 15 is 0 Å². The molecule has 2 rings (SSSR count). The van der Waals surface area contributed by atoms with Crippen LogP contribution in [-0.2, 0) is 4.74 Å². The molecule has 1 fully saturated rings. The summed E-state index contributed by atoms with van der Waals surface area (Å²) >= 11 is 0. The number of nitrogens with one attached hydrogen (secondary N) is 1. The number of morpholine rings is 1. The third kappa shape index (κ3) is 2.40. The number of nitrogen functional groups attached to an aromatic ring is 1. The molecule has 0 saturated carbocycles. The molecular formula is C10H17N5O. The maximum Gasteiger partial charge on any atom is 0.239 e. The van der Waals surface area contributed by atoms with Crippen LogP contribution < -0.4 is 16.2 Å². The number of aromatic nitrogens is 2. The predicted molar refractivity (Wildman–Crippen MR) is 62.1 cm³/mol. The standard InChI is InChI=1S/C10H17N5O/c1-10(2)7-15(5-6-16-10)8-3-4-12-9(13-8)14-11/h3-4H,5-7,11H2,1-2H3,(H,12,13,14). The van der Waals surface area contributed by atoms with Gasteiger partial charge in [-0.15, -0.1) is 0 Å². The van der Waals surface area contributed by atoms with E-state index in [-0.39, 0.29) is 5.60 Å². The van der Waals surface area contributed by atoms with Gasteiger partial charge in [-0.05, 0) is 19.9 Å². The van der Waals surface area contributed by atoms with E-state index in [1.807, 2.05) is 6.07 Å². The lowest BCUT2D eigenvalue weighted by atomic mass is 10.1. The number of hydrogen-bond acceptors (Lipinski definition) is 6. The number of nitrogens with two attached hydrogens (primary N) is 1. The molecule has 1 aliphatic rings. The number of ether oxygens (including phenoxy) is 1. The molecule has 88 valence electrons. The maximum absolute atomic E-state index is 5.65. The lowest BCUT2D eigenvalue weighted by Gasteiger charge is -2.38. The Morgan fingerprint density at radius 3 is 3.06 bits per heavy atom. The van der Waals surface area contributed by atoms with Gasteiger partial charge in [-0.1, -0.05) is 0 Å². The van der Waals surface area contributed by atoms with Gasteiger partial charge in [-0.2, -0.15) is 4.98 Å². The van der Waals surface area contributed by atoms with Crippen LogP contribution in [0.25, 0.3) is 0 Å². The Balaban J connectivity index is 2.16. The van der Waals surface area contributed by atoms with Gasteiger partial charge in [0.1, 0.15) is 5.82 Å². The van der Waals surface area contributed by atoms with E-state index < -0.39 is 0 Å². The van der Waals surface area contributed by atoms with E-state index in [2.05, 4.69) is 34.1 Å². The summed E-state index contributed by atoms with van der Waals surface area (Å²) in [7, 11) is 0. The summed E-state index contributed by atoms with van der Waals surface area (Å²) in [6.07, 6.45) is 1.69. The second-order valence-electron chi connectivity index (χ2n) is 4.41. The predicted octanol–water partition coefficient (Wildman–Crippen LogP) is 0.377. The fourth-order valence-corrected chi connectivity index (χ4v) is 1.81. The summed E-state index contributed by atoms with van der Waals surface area (Å²) in [5.41, 5.74) is 2.31. The first-order chi connectivity index (χ1) is 7.61. The van der Waals surface area contributed by atoms with Gasteiger partial charge in [0, 0.05) is 19.3 Å². The van der Waals surface area contributed by atoms with Gasteiger partial charge in [0.15, 0.2) is 0 Å². The van der Waals surface area contributed by atoms with E-state index in [1.54, 1.807) is 6.20 Å². The van der Waals surface area contributed by atoms with Crippen molar-refractivity contribution in [1.29, 1.82) is 0 Å². The molecule has 16 heavy (non-hydrogen) atoms. The van der Waals surface area contributed by atoms with Crippen molar-refractivity contribution in [3.63, 3.8) is 0 Å². The minimum absolute atomic E-state index is 0.139. The SMILES string of the molecule is CC1(C)CN(c2ccnc(NN)n2)CCO1. The molecule has 0 aliphatic carbocycles. The Bertz CT molecular complexity index is 368. The fourth-order valence-electron chi connectivity index (χ4n) is 1.81. The summed E-state index contributed by atoms with van der Waals surface area (Å²) in [6.45, 7) is 6.51. The first kappa shape index (κ1) is 11.1. The van der Waals surface area contributed by atoms with Crippen molar-refractivity contribution in [2.75, 3.05) is 30.0 Å². The average molecular weight is 223 g/mol. The molecule has 6 nitrogen and oxygen atoms in total. The highest BCUT2D eigenvalue weighted by atomic mass is 16.5. The third-order valence-electron chi connectivity index (χ3n) is 2.52. The van der Waals surface area contributed by atoms with E-state index in [4.69, 9.17) is 10.6 Å². The molecule has 0 amide bonds. The highest BCUT2D eigenvalue weighted by Gasteiger charge is 2.27. The minimum Gasteiger partial charge on any atom is -0.372 e. The highest BCUT2D eigenvalue weighted by Crippen LogP contribution is 2.21. The molecule has 0 aromatic carbocycles. The molecule has 0 spiro atoms. The molecule has 0 radical (unpaired) electrons. The first-order valence-corrected chi connectivity index (χ1v) is 5.29. The smallest absolute Gasteiger partial charge is 0.239 e. The van der Waals surface area contributed by atoms with Crippen molar-refractivity contribution in [2.45, 2.75) is 19.4 Å². The minimum atomic E-state index is -0.139. The van der Waals surface area contributed by atoms with Crippen LogP contribution in [0.1, 0.15) is 13.8 Å². The van der Waals surface area contributed by atoms with Gasteiger partial charge >= 0.3 is 0 Å². The maximum atomic E-state index is 5.65. The lowest BCUT2D eigenvalue weighted by Crippen LogP contribution is -2.48. The van der Waals surface area contributed by atoms with Gasteiger partial charge in [0.2, 0.25) is 5.95 Å². The second-order valence-corrected chi connectivity index (χ2v) is 4.41. The topological polar surface area (TPSA) is 76.3 Å². The van der Waals surface area contributed by atoms with Crippen LogP contribution in [0.4, 0.5) is 11.8 Å². The van der Waals surface area contributed by atoms with Gasteiger partial charge in [-0.3, -0.25) is 5.43 Å². The largest absolute Gasteiger partial charge is 0.372 e. The summed E-state index contributed by atoms with van der Waals surface area (Å²) in [6, 6.07) is 1.88. The number of hydrogen-bond donors (Lipinski definition) is 2. The Morgan fingerprint density at radius 2 is 2.38 bits per heavy atom. The highest BCUT2D eigenvalue weighted by molar-refractivity contribution is 5.42. The fraction of sp³-hybridized carbons (Fsp3) is 0.600. The molecule has 6 heteroatoms. The van der Waals surface area contributed by atoms with Crippen LogP contribution in [0.5, 0.6) is 0 Å². The van der Waals surface area contributed by atoms with Gasteiger partial charge < -0.3 is 9.64 Å². The molecule has 1 aliphatic heterocycles. The Labute approximate surface area is 94.8 Å². The van der Waals surface area contributed by atoms with Crippen molar-refractivity contribution < 1.29 is 4.74 Å². The zero-order chi connectivity index (χ0) is 11.6. The van der Waals surface area contributed by atoms with E-state index in [9.17, 15) is 0 Å². The molecule has 2 heterocycles. The zero-order valence-corrected chi connectivity index (χ0v) is 9.60. The molecule has 0 atom stereocenters. The van der Waals surface area contributed by atoms with Crippen LogP contribution in [0.3, 0.4) is 0 Å². The van der Waals surface area contributed by atoms with Crippen molar-refractivity contribution in [2.24, 2.45) is 5.84 Å². The van der Waals surface area contributed by atoms with Crippen LogP contribution >= 0.6 is 0 Å². The second kappa shape index (κ2) is 4.23. The summed E-state index contributed by atoms with van der Waals surface area (Å²) < 4.78 is 5.65. The molecule has 1 aromatic rings. The van der Waals surface area contributed by atoms with Crippen LogP contribution in [0, 0.1) is 0 Å². The van der Waals surface area contributed by atoms with Gasteiger partial charge in [0.25, 0.3) is 0 Å². The van der Waals surface area contributed by atoms with E-state index in [0.29, 0.717) is 12.6 Å². The summed E-state index contributed by atoms with van der Waals surface area (Å²) in [5, 5.41) is 0. The van der Waals surface area contributed by atoms with Gasteiger partial charge in [0.05, 0.1) is 12.2 Å². The number of anilines is 2. The molecule has 0 bridgehead atoms. The molecule has 3 N–H and O–H groups in total. The van der Waals surface area contributed by atoms with Crippen LogP contribution in [-0.4, -0.2) is 35.3 Å². The van der Waals surface area contributed by atoms with E-state index in [1.165, 1.54) is 0 Å². The molecule has 1 aromatic heterocycles. The third-order valence-corrected chi connectivity index (χ3v) is 2.52. The Morgan fingerprint density at radius 1 is 1.56 bits per heavy atom. The summed E-state index contributed by atoms with van der Waals surface area (Å²) in [5.74, 6) is 6.59. The molecule has 1 saturated heterocycles. The van der Waals surface area contributed by atoms with Crippen molar-refractivity contribution in [3.05, 3.63) is 12.3 Å². The van der Waals surface area contributed by atoms with Crippen LogP contribution in [0.15, 0.2) is 12.3 Å². The first-order valence-electron chi connectivity index (χ1n) is 5.29. The van der Waals surface area contributed by atoms with Gasteiger partial charge in [-0.25, -0.2) is 10.8 Å². The quantitative estimate of drug-likeness (QED) is 0.557. The Kier molecular flexibility index (Phi) is 2.93. The number of nitrogens with zero attached hydrogens (tertiary/aromatic N) is 3. The lowest BCUT2D eigenvalue weighted by molar-refractivity contribution is -0.0279. The zero-order valence-electron chi connectivity index (χ0n) is 9.60.